The lowest BCUT2D eigenvalue weighted by Gasteiger charge is -2.09. The summed E-state index contributed by atoms with van der Waals surface area (Å²) in [5.74, 6) is -1.11. The number of Topliss-reactive ketones (excluding diaryl/α,β-unsaturated/α-hetero) is 1. The van der Waals surface area contributed by atoms with Crippen LogP contribution >= 0.6 is 11.6 Å². The van der Waals surface area contributed by atoms with E-state index in [-0.39, 0.29) is 33.2 Å². The highest BCUT2D eigenvalue weighted by Gasteiger charge is 2.27. The molecule has 0 unspecified atom stereocenters. The molecule has 30 heavy (non-hydrogen) atoms. The standard InChI is InChI=1S/C21H17ClFNO6/c1-11-18(20(24-30-11)19-13(22)5-4-6-14(19)23)21(26)29-10-15(25)12-7-8-16(27-2)17(9-12)28-3/h4-9H,10H2,1-3H3. The molecule has 0 aliphatic heterocycles. The molecule has 0 bridgehead atoms. The van der Waals surface area contributed by atoms with Crippen molar-refractivity contribution in [1.82, 2.24) is 5.16 Å². The fraction of sp³-hybridized carbons (Fsp3) is 0.190. The number of ether oxygens (including phenoxy) is 3. The average Bonchev–Trinajstić information content (AvgIpc) is 3.12. The van der Waals surface area contributed by atoms with E-state index in [4.69, 9.17) is 30.3 Å². The van der Waals surface area contributed by atoms with E-state index in [2.05, 4.69) is 5.16 Å². The van der Waals surface area contributed by atoms with Gasteiger partial charge in [-0.15, -0.1) is 0 Å². The number of nitrogens with zero attached hydrogens (tertiary/aromatic N) is 1. The first-order valence-electron chi connectivity index (χ1n) is 8.70. The van der Waals surface area contributed by atoms with Crippen LogP contribution in [0.4, 0.5) is 4.39 Å². The van der Waals surface area contributed by atoms with Crippen molar-refractivity contribution < 1.29 is 32.7 Å². The largest absolute Gasteiger partial charge is 0.493 e. The zero-order chi connectivity index (χ0) is 21.8. The highest BCUT2D eigenvalue weighted by atomic mass is 35.5. The van der Waals surface area contributed by atoms with Crippen LogP contribution in [0, 0.1) is 12.7 Å². The van der Waals surface area contributed by atoms with E-state index in [0.717, 1.165) is 0 Å². The number of rotatable bonds is 7. The van der Waals surface area contributed by atoms with Crippen LogP contribution in [0.25, 0.3) is 11.3 Å². The molecule has 0 N–H and O–H groups in total. The number of ketones is 1. The number of hydrogen-bond donors (Lipinski definition) is 0. The van der Waals surface area contributed by atoms with Gasteiger partial charge in [0.2, 0.25) is 0 Å². The van der Waals surface area contributed by atoms with E-state index in [0.29, 0.717) is 11.5 Å². The molecule has 0 fully saturated rings. The van der Waals surface area contributed by atoms with Gasteiger partial charge in [-0.2, -0.15) is 0 Å². The molecule has 3 rings (SSSR count). The van der Waals surface area contributed by atoms with Crippen molar-refractivity contribution in [2.24, 2.45) is 0 Å². The summed E-state index contributed by atoms with van der Waals surface area (Å²) in [6.07, 6.45) is 0. The van der Waals surface area contributed by atoms with Crippen molar-refractivity contribution in [3.8, 4) is 22.8 Å². The van der Waals surface area contributed by atoms with Crippen LogP contribution in [0.15, 0.2) is 40.9 Å². The Morgan fingerprint density at radius 1 is 1.13 bits per heavy atom. The third-order valence-electron chi connectivity index (χ3n) is 4.31. The topological polar surface area (TPSA) is 87.9 Å². The lowest BCUT2D eigenvalue weighted by atomic mass is 10.1. The maximum Gasteiger partial charge on any atom is 0.344 e. The Morgan fingerprint density at radius 2 is 1.87 bits per heavy atom. The number of carbonyl (C=O) groups is 2. The quantitative estimate of drug-likeness (QED) is 0.400. The van der Waals surface area contributed by atoms with Gasteiger partial charge in [-0.1, -0.05) is 22.8 Å². The molecule has 0 aliphatic rings. The zero-order valence-electron chi connectivity index (χ0n) is 16.3. The number of esters is 1. The van der Waals surface area contributed by atoms with E-state index in [9.17, 15) is 14.0 Å². The Hall–Kier alpha value is -3.39. The van der Waals surface area contributed by atoms with E-state index < -0.39 is 24.2 Å². The summed E-state index contributed by atoms with van der Waals surface area (Å²) < 4.78 is 34.7. The SMILES string of the molecule is COc1ccc(C(=O)COC(=O)c2c(-c3c(F)cccc3Cl)noc2C)cc1OC. The van der Waals surface area contributed by atoms with Gasteiger partial charge in [0.05, 0.1) is 24.8 Å². The van der Waals surface area contributed by atoms with E-state index >= 15 is 0 Å². The molecule has 0 saturated heterocycles. The predicted molar refractivity (Wildman–Crippen MR) is 106 cm³/mol. The number of benzene rings is 2. The van der Waals surface area contributed by atoms with Crippen LogP contribution in [0.5, 0.6) is 11.5 Å². The molecule has 3 aromatic rings. The van der Waals surface area contributed by atoms with Crippen LogP contribution in [-0.4, -0.2) is 37.7 Å². The average molecular weight is 434 g/mol. The fourth-order valence-corrected chi connectivity index (χ4v) is 3.06. The second-order valence-corrected chi connectivity index (χ2v) is 6.54. The van der Waals surface area contributed by atoms with E-state index in [1.807, 2.05) is 0 Å². The normalized spacial score (nSPS) is 10.6. The molecular formula is C21H17ClFNO6. The third-order valence-corrected chi connectivity index (χ3v) is 4.62. The second-order valence-electron chi connectivity index (χ2n) is 6.13. The van der Waals surface area contributed by atoms with E-state index in [1.165, 1.54) is 51.5 Å². The minimum absolute atomic E-state index is 0.0544. The van der Waals surface area contributed by atoms with Gasteiger partial charge in [-0.25, -0.2) is 9.18 Å². The van der Waals surface area contributed by atoms with Crippen LogP contribution in [0.3, 0.4) is 0 Å². The Bertz CT molecular complexity index is 1090. The van der Waals surface area contributed by atoms with Gasteiger partial charge in [0.15, 0.2) is 23.9 Å². The molecule has 7 nitrogen and oxygen atoms in total. The summed E-state index contributed by atoms with van der Waals surface area (Å²) in [5.41, 5.74) is -0.0321. The van der Waals surface area contributed by atoms with E-state index in [1.54, 1.807) is 6.07 Å². The molecule has 0 amide bonds. The monoisotopic (exact) mass is 433 g/mol. The van der Waals surface area contributed by atoms with Crippen molar-refractivity contribution in [1.29, 1.82) is 0 Å². The summed E-state index contributed by atoms with van der Waals surface area (Å²) in [4.78, 5) is 25.1. The number of halogens is 2. The van der Waals surface area contributed by atoms with Crippen molar-refractivity contribution in [3.05, 3.63) is 64.1 Å². The lowest BCUT2D eigenvalue weighted by Crippen LogP contribution is -2.15. The first kappa shape index (κ1) is 21.3. The minimum Gasteiger partial charge on any atom is -0.493 e. The molecule has 0 saturated carbocycles. The van der Waals surface area contributed by atoms with Gasteiger partial charge in [0.1, 0.15) is 22.8 Å². The Labute approximate surface area is 176 Å². The summed E-state index contributed by atoms with van der Waals surface area (Å²) in [5, 5.41) is 3.79. The Balaban J connectivity index is 1.81. The van der Waals surface area contributed by atoms with Crippen molar-refractivity contribution in [3.63, 3.8) is 0 Å². The van der Waals surface area contributed by atoms with Crippen molar-refractivity contribution in [2.45, 2.75) is 6.92 Å². The summed E-state index contributed by atoms with van der Waals surface area (Å²) in [6.45, 7) is 0.918. The fourth-order valence-electron chi connectivity index (χ4n) is 2.80. The number of methoxy groups -OCH3 is 2. The summed E-state index contributed by atoms with van der Waals surface area (Å²) >= 11 is 6.06. The molecule has 2 aromatic carbocycles. The van der Waals surface area contributed by atoms with Crippen molar-refractivity contribution >= 4 is 23.4 Å². The number of aryl methyl sites for hydroxylation is 1. The number of hydrogen-bond acceptors (Lipinski definition) is 7. The molecule has 0 aliphatic carbocycles. The van der Waals surface area contributed by atoms with Gasteiger partial charge < -0.3 is 18.7 Å². The Morgan fingerprint density at radius 3 is 2.53 bits per heavy atom. The van der Waals surface area contributed by atoms with Crippen molar-refractivity contribution in [2.75, 3.05) is 20.8 Å². The summed E-state index contributed by atoms with van der Waals surface area (Å²) in [7, 11) is 2.91. The smallest absolute Gasteiger partial charge is 0.344 e. The first-order valence-corrected chi connectivity index (χ1v) is 9.08. The molecule has 0 spiro atoms. The molecule has 156 valence electrons. The van der Waals surface area contributed by atoms with Gasteiger partial charge in [0, 0.05) is 5.56 Å². The third kappa shape index (κ3) is 4.13. The van der Waals surface area contributed by atoms with Crippen LogP contribution in [0.2, 0.25) is 5.02 Å². The maximum atomic E-state index is 14.3. The summed E-state index contributed by atoms with van der Waals surface area (Å²) in [6, 6.07) is 8.63. The van der Waals surface area contributed by atoms with Crippen LogP contribution in [0.1, 0.15) is 26.5 Å². The highest BCUT2D eigenvalue weighted by molar-refractivity contribution is 6.33. The van der Waals surface area contributed by atoms with Gasteiger partial charge in [-0.05, 0) is 37.3 Å². The van der Waals surface area contributed by atoms with Gasteiger partial charge in [-0.3, -0.25) is 4.79 Å². The molecule has 0 radical (unpaired) electrons. The first-order chi connectivity index (χ1) is 14.4. The molecule has 0 atom stereocenters. The number of aromatic nitrogens is 1. The second kappa shape index (κ2) is 8.96. The predicted octanol–water partition coefficient (Wildman–Crippen LogP) is 4.50. The van der Waals surface area contributed by atoms with Crippen LogP contribution < -0.4 is 9.47 Å². The minimum atomic E-state index is -0.892. The Kier molecular flexibility index (Phi) is 6.37. The molecule has 1 aromatic heterocycles. The molecule has 9 heteroatoms. The van der Waals surface area contributed by atoms with Crippen LogP contribution in [-0.2, 0) is 4.74 Å². The maximum absolute atomic E-state index is 14.3. The van der Waals surface area contributed by atoms with Gasteiger partial charge >= 0.3 is 5.97 Å². The molecular weight excluding hydrogens is 417 g/mol. The number of carbonyl (C=O) groups excluding carboxylic acids is 2. The zero-order valence-corrected chi connectivity index (χ0v) is 17.1. The molecule has 1 heterocycles. The lowest BCUT2D eigenvalue weighted by molar-refractivity contribution is 0.0473. The van der Waals surface area contributed by atoms with Gasteiger partial charge in [0.25, 0.3) is 0 Å². The highest BCUT2D eigenvalue weighted by Crippen LogP contribution is 2.34.